The number of nitrogens with one attached hydrogen (secondary N) is 2. The van der Waals surface area contributed by atoms with Gasteiger partial charge in [0, 0.05) is 24.2 Å². The summed E-state index contributed by atoms with van der Waals surface area (Å²) in [6.07, 6.45) is -0.543. The van der Waals surface area contributed by atoms with Gasteiger partial charge in [0.25, 0.3) is 0 Å². The first-order valence-corrected chi connectivity index (χ1v) is 10.6. The highest BCUT2D eigenvalue weighted by molar-refractivity contribution is 7.91. The molecule has 0 aliphatic carbocycles. The number of sulfone groups is 1. The van der Waals surface area contributed by atoms with Gasteiger partial charge in [-0.25, -0.2) is 18.2 Å². The Hall–Kier alpha value is -2.17. The topological polar surface area (TPSA) is 107 Å². The minimum absolute atomic E-state index is 0.0889. The quantitative estimate of drug-likeness (QED) is 0.768. The lowest BCUT2D eigenvalue weighted by Gasteiger charge is -2.18. The second-order valence-corrected chi connectivity index (χ2v) is 8.72. The Labute approximate surface area is 155 Å². The molecule has 1 aromatic carbocycles. The van der Waals surface area contributed by atoms with E-state index >= 15 is 0 Å². The third-order valence-electron chi connectivity index (χ3n) is 3.88. The summed E-state index contributed by atoms with van der Waals surface area (Å²) in [7, 11) is -1.77. The lowest BCUT2D eigenvalue weighted by Crippen LogP contribution is -2.45. The highest BCUT2D eigenvalue weighted by atomic mass is 32.2. The van der Waals surface area contributed by atoms with Crippen LogP contribution >= 0.6 is 11.3 Å². The first-order chi connectivity index (χ1) is 12.4. The van der Waals surface area contributed by atoms with Crippen molar-refractivity contribution in [2.45, 2.75) is 18.8 Å². The van der Waals surface area contributed by atoms with Crippen LogP contribution in [0, 0.1) is 0 Å². The smallest absolute Gasteiger partial charge is 0.319 e. The van der Waals surface area contributed by atoms with Crippen LogP contribution in [0.15, 0.2) is 35.2 Å². The molecule has 0 saturated carbocycles. The first-order valence-electron chi connectivity index (χ1n) is 7.86. The van der Waals surface area contributed by atoms with Crippen LogP contribution in [-0.4, -0.2) is 50.2 Å². The number of thiazole rings is 1. The number of anilines is 1. The number of ether oxygens (including phenoxy) is 2. The minimum Gasteiger partial charge on any atom is -0.487 e. The molecule has 2 amide bonds. The summed E-state index contributed by atoms with van der Waals surface area (Å²) < 4.78 is 34.2. The maximum Gasteiger partial charge on any atom is 0.319 e. The minimum atomic E-state index is -3.20. The Morgan fingerprint density at radius 2 is 2.23 bits per heavy atom. The number of methoxy groups -OCH3 is 1. The number of hydrogen-bond donors (Lipinski definition) is 2. The summed E-state index contributed by atoms with van der Waals surface area (Å²) in [5.41, 5.74) is 3.10. The predicted octanol–water partition coefficient (Wildman–Crippen LogP) is 1.66. The molecule has 0 radical (unpaired) electrons. The van der Waals surface area contributed by atoms with E-state index in [1.165, 1.54) is 18.4 Å². The van der Waals surface area contributed by atoms with Crippen molar-refractivity contribution in [1.29, 1.82) is 0 Å². The Balaban J connectivity index is 1.56. The first kappa shape index (κ1) is 18.6. The Morgan fingerprint density at radius 3 is 2.96 bits per heavy atom. The largest absolute Gasteiger partial charge is 0.487 e. The highest BCUT2D eigenvalue weighted by Gasteiger charge is 2.38. The van der Waals surface area contributed by atoms with E-state index in [9.17, 15) is 13.2 Å². The molecule has 10 heteroatoms. The third-order valence-corrected chi connectivity index (χ3v) is 6.22. The number of hydrogen-bond acceptors (Lipinski definition) is 7. The zero-order chi connectivity index (χ0) is 18.6. The van der Waals surface area contributed by atoms with Gasteiger partial charge in [0.1, 0.15) is 12.4 Å². The average Bonchev–Trinajstić information content (AvgIpc) is 3.20. The molecule has 1 aliphatic heterocycles. The molecular weight excluding hydrogens is 378 g/mol. The lowest BCUT2D eigenvalue weighted by atomic mass is 10.2. The van der Waals surface area contributed by atoms with Gasteiger partial charge >= 0.3 is 6.03 Å². The fourth-order valence-corrected chi connectivity index (χ4v) is 5.04. The Kier molecular flexibility index (Phi) is 5.74. The van der Waals surface area contributed by atoms with Gasteiger partial charge in [-0.05, 0) is 12.1 Å². The maximum atomic E-state index is 12.2. The van der Waals surface area contributed by atoms with E-state index in [1.807, 2.05) is 5.38 Å². The molecule has 3 rings (SSSR count). The van der Waals surface area contributed by atoms with Crippen LogP contribution in [0.1, 0.15) is 5.69 Å². The van der Waals surface area contributed by atoms with Crippen LogP contribution < -0.4 is 15.4 Å². The van der Waals surface area contributed by atoms with Gasteiger partial charge in [-0.3, -0.25) is 0 Å². The molecule has 2 atom stereocenters. The number of rotatable bonds is 6. The van der Waals surface area contributed by atoms with Crippen molar-refractivity contribution in [3.8, 4) is 5.75 Å². The van der Waals surface area contributed by atoms with E-state index < -0.39 is 28.0 Å². The van der Waals surface area contributed by atoms with Crippen molar-refractivity contribution >= 4 is 32.9 Å². The van der Waals surface area contributed by atoms with Gasteiger partial charge in [0.05, 0.1) is 34.9 Å². The van der Waals surface area contributed by atoms with Crippen molar-refractivity contribution in [2.75, 3.05) is 23.9 Å². The molecule has 2 heterocycles. The van der Waals surface area contributed by atoms with E-state index in [1.54, 1.807) is 29.8 Å². The molecule has 2 aromatic rings. The summed E-state index contributed by atoms with van der Waals surface area (Å²) in [5, 5.41) is 7.23. The van der Waals surface area contributed by atoms with Crippen molar-refractivity contribution in [3.63, 3.8) is 0 Å². The number of benzene rings is 1. The third kappa shape index (κ3) is 4.93. The Bertz CT molecular complexity index is 855. The van der Waals surface area contributed by atoms with Crippen LogP contribution in [0.25, 0.3) is 0 Å². The molecule has 2 unspecified atom stereocenters. The second kappa shape index (κ2) is 8.02. The molecule has 0 bridgehead atoms. The second-order valence-electron chi connectivity index (χ2n) is 5.85. The van der Waals surface area contributed by atoms with Crippen LogP contribution in [0.5, 0.6) is 5.75 Å². The van der Waals surface area contributed by atoms with Crippen LogP contribution in [0.4, 0.5) is 10.5 Å². The summed E-state index contributed by atoms with van der Waals surface area (Å²) in [6, 6.07) is 5.86. The zero-order valence-electron chi connectivity index (χ0n) is 14.0. The number of carbonyl (C=O) groups is 1. The van der Waals surface area contributed by atoms with E-state index in [0.717, 1.165) is 5.69 Å². The lowest BCUT2D eigenvalue weighted by molar-refractivity contribution is 0.102. The van der Waals surface area contributed by atoms with Crippen LogP contribution in [0.2, 0.25) is 0 Å². The van der Waals surface area contributed by atoms with Gasteiger partial charge < -0.3 is 20.1 Å². The number of urea groups is 1. The molecule has 26 heavy (non-hydrogen) atoms. The van der Waals surface area contributed by atoms with E-state index in [2.05, 4.69) is 15.6 Å². The Morgan fingerprint density at radius 1 is 1.38 bits per heavy atom. The number of nitrogens with zero attached hydrogens (tertiary/aromatic N) is 1. The molecule has 140 valence electrons. The summed E-state index contributed by atoms with van der Waals surface area (Å²) in [6.45, 7) is 0.342. The van der Waals surface area contributed by atoms with Gasteiger partial charge in [-0.15, -0.1) is 11.3 Å². The molecule has 1 saturated heterocycles. The summed E-state index contributed by atoms with van der Waals surface area (Å²) in [4.78, 5) is 16.3. The standard InChI is InChI=1S/C16H19N3O5S2/c1-23-15-9-26(21,22)8-14(15)19-16(20)18-11-3-2-4-13(5-11)24-6-12-7-25-10-17-12/h2-5,7,10,14-15H,6,8-9H2,1H3,(H2,18,19,20). The molecule has 1 fully saturated rings. The molecule has 8 nitrogen and oxygen atoms in total. The molecular formula is C16H19N3O5S2. The van der Waals surface area contributed by atoms with Crippen LogP contribution in [-0.2, 0) is 21.2 Å². The normalized spacial score (nSPS) is 21.3. The molecule has 1 aliphatic rings. The highest BCUT2D eigenvalue weighted by Crippen LogP contribution is 2.19. The van der Waals surface area contributed by atoms with E-state index in [-0.39, 0.29) is 11.5 Å². The monoisotopic (exact) mass is 397 g/mol. The zero-order valence-corrected chi connectivity index (χ0v) is 15.7. The van der Waals surface area contributed by atoms with Crippen molar-refractivity contribution in [2.24, 2.45) is 0 Å². The SMILES string of the molecule is COC1CS(=O)(=O)CC1NC(=O)Nc1cccc(OCc2cscn2)c1. The van der Waals surface area contributed by atoms with Crippen molar-refractivity contribution in [3.05, 3.63) is 40.8 Å². The number of amides is 2. The van der Waals surface area contributed by atoms with E-state index in [0.29, 0.717) is 18.0 Å². The predicted molar refractivity (Wildman–Crippen MR) is 98.3 cm³/mol. The fraction of sp³-hybridized carbons (Fsp3) is 0.375. The fourth-order valence-electron chi connectivity index (χ4n) is 2.65. The van der Waals surface area contributed by atoms with Crippen molar-refractivity contribution < 1.29 is 22.7 Å². The molecule has 2 N–H and O–H groups in total. The summed E-state index contributed by atoms with van der Waals surface area (Å²) in [5.74, 6) is 0.374. The van der Waals surface area contributed by atoms with Gasteiger partial charge in [0.15, 0.2) is 9.84 Å². The number of aromatic nitrogens is 1. The maximum absolute atomic E-state index is 12.2. The van der Waals surface area contributed by atoms with Gasteiger partial charge in [-0.2, -0.15) is 0 Å². The number of carbonyl (C=O) groups excluding carboxylic acids is 1. The van der Waals surface area contributed by atoms with Crippen LogP contribution in [0.3, 0.4) is 0 Å². The molecule has 0 spiro atoms. The molecule has 1 aromatic heterocycles. The van der Waals surface area contributed by atoms with Gasteiger partial charge in [0.2, 0.25) is 0 Å². The van der Waals surface area contributed by atoms with Crippen molar-refractivity contribution in [1.82, 2.24) is 10.3 Å². The van der Waals surface area contributed by atoms with E-state index in [4.69, 9.17) is 9.47 Å². The summed E-state index contributed by atoms with van der Waals surface area (Å²) >= 11 is 1.49. The average molecular weight is 397 g/mol. The van der Waals surface area contributed by atoms with Gasteiger partial charge in [-0.1, -0.05) is 6.07 Å².